The summed E-state index contributed by atoms with van der Waals surface area (Å²) in [6.45, 7) is 0. The van der Waals surface area contributed by atoms with Crippen molar-refractivity contribution in [1.29, 1.82) is 0 Å². The van der Waals surface area contributed by atoms with Crippen molar-refractivity contribution in [2.45, 2.75) is 0 Å². The van der Waals surface area contributed by atoms with Crippen LogP contribution in [0, 0.1) is 6.07 Å². The minimum atomic E-state index is -0.0994. The third kappa shape index (κ3) is 3.18. The van der Waals surface area contributed by atoms with Crippen LogP contribution in [0.1, 0.15) is 10.4 Å². The van der Waals surface area contributed by atoms with Crippen LogP contribution in [-0.2, 0) is 0 Å². The van der Waals surface area contributed by atoms with Crippen LogP contribution in [0.4, 0.5) is 5.69 Å². The third-order valence-electron chi connectivity index (χ3n) is 3.23. The van der Waals surface area contributed by atoms with Gasteiger partial charge in [-0.05, 0) is 41.5 Å². The Morgan fingerprint density at radius 3 is 2.05 bits per heavy atom. The molecule has 0 aliphatic rings. The van der Waals surface area contributed by atoms with Crippen LogP contribution < -0.4 is 5.32 Å². The predicted molar refractivity (Wildman–Crippen MR) is 85.1 cm³/mol. The molecule has 0 bridgehead atoms. The molecule has 1 N–H and O–H groups in total. The first-order valence-electron chi connectivity index (χ1n) is 6.76. The lowest BCUT2D eigenvalue weighted by atomic mass is 10.1. The highest BCUT2D eigenvalue weighted by Gasteiger charge is 2.05. The first kappa shape index (κ1) is 13.1. The molecule has 21 heavy (non-hydrogen) atoms. The van der Waals surface area contributed by atoms with Gasteiger partial charge in [0.25, 0.3) is 5.91 Å². The van der Waals surface area contributed by atoms with Crippen LogP contribution in [0.25, 0.3) is 11.1 Å². The van der Waals surface area contributed by atoms with Crippen LogP contribution in [0.15, 0.2) is 78.9 Å². The number of hydrogen-bond donors (Lipinski definition) is 1. The summed E-state index contributed by atoms with van der Waals surface area (Å²) in [4.78, 5) is 12.1. The number of carbonyl (C=O) groups excluding carboxylic acids is 1. The number of rotatable bonds is 3. The SMILES string of the molecule is O=C(Nc1ccc(-c2cc[c]cc2)cc1)c1ccccc1. The van der Waals surface area contributed by atoms with Crippen molar-refractivity contribution >= 4 is 11.6 Å². The molecule has 3 aromatic rings. The monoisotopic (exact) mass is 272 g/mol. The van der Waals surface area contributed by atoms with Crippen LogP contribution in [0.2, 0.25) is 0 Å². The highest BCUT2D eigenvalue weighted by Crippen LogP contribution is 2.21. The Hall–Kier alpha value is -2.87. The zero-order chi connectivity index (χ0) is 14.5. The molecule has 101 valence electrons. The van der Waals surface area contributed by atoms with Crippen molar-refractivity contribution in [1.82, 2.24) is 0 Å². The lowest BCUT2D eigenvalue weighted by Gasteiger charge is -2.07. The van der Waals surface area contributed by atoms with E-state index in [4.69, 9.17) is 0 Å². The van der Waals surface area contributed by atoms with Crippen molar-refractivity contribution in [3.8, 4) is 11.1 Å². The summed E-state index contributed by atoms with van der Waals surface area (Å²) in [6.07, 6.45) is 0. The van der Waals surface area contributed by atoms with Crippen LogP contribution in [0.5, 0.6) is 0 Å². The molecular formula is C19H14NO. The molecule has 3 rings (SSSR count). The molecule has 0 aliphatic carbocycles. The van der Waals surface area contributed by atoms with Gasteiger partial charge in [0, 0.05) is 11.3 Å². The Labute approximate surface area is 124 Å². The highest BCUT2D eigenvalue weighted by molar-refractivity contribution is 6.04. The Kier molecular flexibility index (Phi) is 3.79. The Bertz CT molecular complexity index is 719. The molecule has 0 heterocycles. The summed E-state index contributed by atoms with van der Waals surface area (Å²) in [5, 5.41) is 2.89. The molecule has 0 fully saturated rings. The van der Waals surface area contributed by atoms with Crippen molar-refractivity contribution < 1.29 is 4.79 Å². The van der Waals surface area contributed by atoms with Gasteiger partial charge in [0.15, 0.2) is 0 Å². The van der Waals surface area contributed by atoms with Crippen LogP contribution in [0.3, 0.4) is 0 Å². The fourth-order valence-electron chi connectivity index (χ4n) is 2.12. The van der Waals surface area contributed by atoms with Crippen molar-refractivity contribution in [2.24, 2.45) is 0 Å². The maximum absolute atomic E-state index is 12.1. The zero-order valence-electron chi connectivity index (χ0n) is 11.4. The second kappa shape index (κ2) is 6.06. The smallest absolute Gasteiger partial charge is 0.255 e. The maximum Gasteiger partial charge on any atom is 0.255 e. The molecule has 0 unspecified atom stereocenters. The first-order chi connectivity index (χ1) is 10.3. The van der Waals surface area contributed by atoms with Gasteiger partial charge in [0.1, 0.15) is 0 Å². The number of carbonyl (C=O) groups is 1. The van der Waals surface area contributed by atoms with Gasteiger partial charge in [-0.2, -0.15) is 0 Å². The lowest BCUT2D eigenvalue weighted by Crippen LogP contribution is -2.11. The van der Waals surface area contributed by atoms with Gasteiger partial charge in [-0.3, -0.25) is 4.79 Å². The van der Waals surface area contributed by atoms with E-state index in [-0.39, 0.29) is 5.91 Å². The second-order valence-corrected chi connectivity index (χ2v) is 4.69. The Balaban J connectivity index is 1.75. The minimum Gasteiger partial charge on any atom is -0.322 e. The fourth-order valence-corrected chi connectivity index (χ4v) is 2.12. The molecule has 0 atom stereocenters. The second-order valence-electron chi connectivity index (χ2n) is 4.69. The van der Waals surface area contributed by atoms with Gasteiger partial charge in [0.05, 0.1) is 0 Å². The van der Waals surface area contributed by atoms with Gasteiger partial charge < -0.3 is 5.32 Å². The number of hydrogen-bond acceptors (Lipinski definition) is 1. The Morgan fingerprint density at radius 2 is 1.38 bits per heavy atom. The lowest BCUT2D eigenvalue weighted by molar-refractivity contribution is 0.102. The van der Waals surface area contributed by atoms with E-state index >= 15 is 0 Å². The van der Waals surface area contributed by atoms with Gasteiger partial charge in [-0.1, -0.05) is 54.6 Å². The number of nitrogens with one attached hydrogen (secondary N) is 1. The zero-order valence-corrected chi connectivity index (χ0v) is 11.4. The number of amides is 1. The molecule has 0 saturated heterocycles. The summed E-state index contributed by atoms with van der Waals surface area (Å²) in [5.74, 6) is -0.0994. The van der Waals surface area contributed by atoms with Gasteiger partial charge >= 0.3 is 0 Å². The molecule has 0 aliphatic heterocycles. The maximum atomic E-state index is 12.1. The average molecular weight is 272 g/mol. The van der Waals surface area contributed by atoms with E-state index in [1.54, 1.807) is 12.1 Å². The van der Waals surface area contributed by atoms with E-state index in [9.17, 15) is 4.79 Å². The molecule has 0 spiro atoms. The molecule has 0 saturated carbocycles. The molecule has 1 radical (unpaired) electrons. The first-order valence-corrected chi connectivity index (χ1v) is 6.76. The van der Waals surface area contributed by atoms with E-state index in [0.717, 1.165) is 16.8 Å². The van der Waals surface area contributed by atoms with Crippen molar-refractivity contribution in [3.63, 3.8) is 0 Å². The summed E-state index contributed by atoms with van der Waals surface area (Å²) in [5.41, 5.74) is 3.69. The molecular weight excluding hydrogens is 258 g/mol. The quantitative estimate of drug-likeness (QED) is 0.752. The van der Waals surface area contributed by atoms with Crippen LogP contribution >= 0.6 is 0 Å². The molecule has 2 heteroatoms. The number of anilines is 1. The molecule has 1 amide bonds. The van der Waals surface area contributed by atoms with Crippen molar-refractivity contribution in [3.05, 3.63) is 90.5 Å². The van der Waals surface area contributed by atoms with E-state index in [2.05, 4.69) is 11.4 Å². The topological polar surface area (TPSA) is 29.1 Å². The summed E-state index contributed by atoms with van der Waals surface area (Å²) in [6, 6.07) is 27.8. The van der Waals surface area contributed by atoms with E-state index < -0.39 is 0 Å². The minimum absolute atomic E-state index is 0.0994. The van der Waals surface area contributed by atoms with Gasteiger partial charge in [-0.25, -0.2) is 0 Å². The summed E-state index contributed by atoms with van der Waals surface area (Å²) in [7, 11) is 0. The predicted octanol–water partition coefficient (Wildman–Crippen LogP) is 4.41. The number of benzene rings is 3. The van der Waals surface area contributed by atoms with E-state index in [1.165, 1.54) is 0 Å². The van der Waals surface area contributed by atoms with Crippen LogP contribution in [-0.4, -0.2) is 5.91 Å². The standard InChI is InChI=1S/C19H14NO/c21-19(17-9-5-2-6-10-17)20-18-13-11-16(12-14-18)15-7-3-1-4-8-15/h2-14H,(H,20,21). The Morgan fingerprint density at radius 1 is 0.762 bits per heavy atom. The largest absolute Gasteiger partial charge is 0.322 e. The normalized spacial score (nSPS) is 10.1. The average Bonchev–Trinajstić information content (AvgIpc) is 2.57. The van der Waals surface area contributed by atoms with Gasteiger partial charge in [-0.15, -0.1) is 0 Å². The third-order valence-corrected chi connectivity index (χ3v) is 3.23. The molecule has 0 aromatic heterocycles. The van der Waals surface area contributed by atoms with Crippen molar-refractivity contribution in [2.75, 3.05) is 5.32 Å². The van der Waals surface area contributed by atoms with E-state index in [1.807, 2.05) is 66.7 Å². The summed E-state index contributed by atoms with van der Waals surface area (Å²) < 4.78 is 0. The van der Waals surface area contributed by atoms with E-state index in [0.29, 0.717) is 5.56 Å². The van der Waals surface area contributed by atoms with Gasteiger partial charge in [0.2, 0.25) is 0 Å². The molecule has 3 aromatic carbocycles. The fraction of sp³-hybridized carbons (Fsp3) is 0. The highest BCUT2D eigenvalue weighted by atomic mass is 16.1. The summed E-state index contributed by atoms with van der Waals surface area (Å²) >= 11 is 0. The molecule has 2 nitrogen and oxygen atoms in total.